The molecule has 0 spiro atoms. The van der Waals surface area contributed by atoms with Gasteiger partial charge in [0.25, 0.3) is 0 Å². The van der Waals surface area contributed by atoms with Gasteiger partial charge < -0.3 is 10.1 Å². The van der Waals surface area contributed by atoms with E-state index in [4.69, 9.17) is 4.74 Å². The lowest BCUT2D eigenvalue weighted by molar-refractivity contribution is -0.137. The molecule has 1 atom stereocenters. The van der Waals surface area contributed by atoms with Crippen LogP contribution in [0.1, 0.15) is 26.7 Å². The Morgan fingerprint density at radius 1 is 1.47 bits per heavy atom. The van der Waals surface area contributed by atoms with Crippen LogP contribution in [0.3, 0.4) is 0 Å². The van der Waals surface area contributed by atoms with Crippen LogP contribution in [0.5, 0.6) is 0 Å². The minimum Gasteiger partial charge on any atom is -0.463 e. The molecule has 0 aromatic rings. The molecule has 0 aromatic heterocycles. The number of rotatable bonds is 7. The zero-order valence-corrected chi connectivity index (χ0v) is 10.9. The molecule has 1 aliphatic rings. The van der Waals surface area contributed by atoms with Crippen molar-refractivity contribution < 1.29 is 9.53 Å². The predicted octanol–water partition coefficient (Wildman–Crippen LogP) is 1.18. The summed E-state index contributed by atoms with van der Waals surface area (Å²) in [4.78, 5) is 13.5. The largest absolute Gasteiger partial charge is 0.463 e. The molecule has 1 rings (SSSR count). The van der Waals surface area contributed by atoms with Crippen molar-refractivity contribution in [1.29, 1.82) is 0 Å². The molecule has 0 amide bonds. The number of carbonyl (C=O) groups is 1. The maximum Gasteiger partial charge on any atom is 0.330 e. The number of hydrogen-bond acceptors (Lipinski definition) is 4. The van der Waals surface area contributed by atoms with Gasteiger partial charge in [-0.3, -0.25) is 4.90 Å². The highest BCUT2D eigenvalue weighted by molar-refractivity contribution is 5.81. The van der Waals surface area contributed by atoms with Crippen LogP contribution >= 0.6 is 0 Å². The first-order valence-corrected chi connectivity index (χ1v) is 6.52. The molecule has 0 aliphatic carbocycles. The molecule has 1 N–H and O–H groups in total. The van der Waals surface area contributed by atoms with Gasteiger partial charge in [-0.15, -0.1) is 0 Å². The van der Waals surface area contributed by atoms with Gasteiger partial charge in [-0.05, 0) is 39.8 Å². The first kappa shape index (κ1) is 14.2. The fraction of sp³-hybridized carbons (Fsp3) is 0.769. The topological polar surface area (TPSA) is 41.6 Å². The number of esters is 1. The Labute approximate surface area is 104 Å². The Kier molecular flexibility index (Phi) is 6.89. The highest BCUT2D eigenvalue weighted by Crippen LogP contribution is 2.10. The van der Waals surface area contributed by atoms with E-state index in [0.717, 1.165) is 13.1 Å². The smallest absolute Gasteiger partial charge is 0.330 e. The van der Waals surface area contributed by atoms with Gasteiger partial charge in [-0.25, -0.2) is 4.79 Å². The Hall–Kier alpha value is -0.870. The van der Waals surface area contributed by atoms with Crippen molar-refractivity contribution in [2.75, 3.05) is 32.8 Å². The van der Waals surface area contributed by atoms with Gasteiger partial charge in [0.2, 0.25) is 0 Å². The lowest BCUT2D eigenvalue weighted by Crippen LogP contribution is -2.38. The van der Waals surface area contributed by atoms with Crippen molar-refractivity contribution in [3.05, 3.63) is 12.2 Å². The van der Waals surface area contributed by atoms with Gasteiger partial charge in [0.15, 0.2) is 0 Å². The lowest BCUT2D eigenvalue weighted by Gasteiger charge is -2.23. The molecule has 17 heavy (non-hydrogen) atoms. The number of ether oxygens (including phenoxy) is 1. The van der Waals surface area contributed by atoms with E-state index in [1.54, 1.807) is 0 Å². The van der Waals surface area contributed by atoms with E-state index in [0.29, 0.717) is 12.6 Å². The fourth-order valence-corrected chi connectivity index (χ4v) is 2.03. The van der Waals surface area contributed by atoms with Crippen LogP contribution in [0.15, 0.2) is 12.2 Å². The second-order valence-corrected chi connectivity index (χ2v) is 4.40. The van der Waals surface area contributed by atoms with E-state index < -0.39 is 0 Å². The van der Waals surface area contributed by atoms with Gasteiger partial charge in [-0.1, -0.05) is 6.08 Å². The summed E-state index contributed by atoms with van der Waals surface area (Å²) < 4.78 is 4.79. The zero-order valence-electron chi connectivity index (χ0n) is 10.9. The number of carbonyl (C=O) groups excluding carboxylic acids is 1. The fourth-order valence-electron chi connectivity index (χ4n) is 2.03. The summed E-state index contributed by atoms with van der Waals surface area (Å²) in [5.74, 6) is -0.262. The Bertz CT molecular complexity index is 248. The summed E-state index contributed by atoms with van der Waals surface area (Å²) in [6.07, 6.45) is 5.95. The van der Waals surface area contributed by atoms with Gasteiger partial charge >= 0.3 is 5.97 Å². The zero-order chi connectivity index (χ0) is 12.5. The van der Waals surface area contributed by atoms with Crippen molar-refractivity contribution in [3.63, 3.8) is 0 Å². The average Bonchev–Trinajstić information content (AvgIpc) is 2.82. The Balaban J connectivity index is 2.04. The summed E-state index contributed by atoms with van der Waals surface area (Å²) in [5.41, 5.74) is 0. The third-order valence-corrected chi connectivity index (χ3v) is 3.01. The monoisotopic (exact) mass is 240 g/mol. The van der Waals surface area contributed by atoms with Crippen LogP contribution in [-0.2, 0) is 9.53 Å². The van der Waals surface area contributed by atoms with Crippen LogP contribution in [0, 0.1) is 0 Å². The lowest BCUT2D eigenvalue weighted by atomic mass is 10.3. The van der Waals surface area contributed by atoms with Crippen molar-refractivity contribution >= 4 is 5.97 Å². The summed E-state index contributed by atoms with van der Waals surface area (Å²) in [6.45, 7) is 8.62. The van der Waals surface area contributed by atoms with Crippen molar-refractivity contribution in [3.8, 4) is 0 Å². The third-order valence-electron chi connectivity index (χ3n) is 3.01. The molecule has 0 aromatic carbocycles. The second-order valence-electron chi connectivity index (χ2n) is 4.40. The summed E-state index contributed by atoms with van der Waals surface area (Å²) in [7, 11) is 0. The minimum absolute atomic E-state index is 0.262. The van der Waals surface area contributed by atoms with Crippen LogP contribution in [0.4, 0.5) is 0 Å². The molecule has 4 nitrogen and oxygen atoms in total. The molecule has 0 bridgehead atoms. The van der Waals surface area contributed by atoms with Gasteiger partial charge in [0.05, 0.1) is 6.61 Å². The SMILES string of the molecule is CCOC(=O)/C=C/CNCC(C)N1CCCC1. The molecule has 98 valence electrons. The van der Waals surface area contributed by atoms with Crippen LogP contribution < -0.4 is 5.32 Å². The number of nitrogens with one attached hydrogen (secondary N) is 1. The van der Waals surface area contributed by atoms with Crippen molar-refractivity contribution in [2.24, 2.45) is 0 Å². The number of hydrogen-bond donors (Lipinski definition) is 1. The van der Waals surface area contributed by atoms with E-state index in [1.807, 2.05) is 13.0 Å². The van der Waals surface area contributed by atoms with Gasteiger partial charge in [-0.2, -0.15) is 0 Å². The van der Waals surface area contributed by atoms with Crippen molar-refractivity contribution in [2.45, 2.75) is 32.7 Å². The normalized spacial score (nSPS) is 18.7. The summed E-state index contributed by atoms with van der Waals surface area (Å²) in [5, 5.41) is 3.32. The van der Waals surface area contributed by atoms with Crippen LogP contribution in [-0.4, -0.2) is 49.7 Å². The Morgan fingerprint density at radius 2 is 2.18 bits per heavy atom. The maximum atomic E-state index is 11.0. The molecule has 0 saturated carbocycles. The highest BCUT2D eigenvalue weighted by atomic mass is 16.5. The quantitative estimate of drug-likeness (QED) is 0.412. The molecule has 1 aliphatic heterocycles. The molecule has 1 saturated heterocycles. The van der Waals surface area contributed by atoms with E-state index in [2.05, 4.69) is 17.1 Å². The molecular formula is C13H24N2O2. The van der Waals surface area contributed by atoms with Crippen LogP contribution in [0.2, 0.25) is 0 Å². The van der Waals surface area contributed by atoms with E-state index >= 15 is 0 Å². The minimum atomic E-state index is -0.262. The third kappa shape index (κ3) is 5.84. The maximum absolute atomic E-state index is 11.0. The van der Waals surface area contributed by atoms with E-state index in [1.165, 1.54) is 32.0 Å². The number of likely N-dealkylation sites (tertiary alicyclic amines) is 1. The standard InChI is InChI=1S/C13H24N2O2/c1-3-17-13(16)7-6-8-14-11-12(2)15-9-4-5-10-15/h6-7,12,14H,3-5,8-11H2,1-2H3/b7-6+. The predicted molar refractivity (Wildman–Crippen MR) is 68.9 cm³/mol. The van der Waals surface area contributed by atoms with E-state index in [-0.39, 0.29) is 5.97 Å². The first-order chi connectivity index (χ1) is 8.24. The second kappa shape index (κ2) is 8.25. The molecule has 1 heterocycles. The summed E-state index contributed by atoms with van der Waals surface area (Å²) >= 11 is 0. The Morgan fingerprint density at radius 3 is 2.82 bits per heavy atom. The average molecular weight is 240 g/mol. The molecule has 1 fully saturated rings. The number of nitrogens with zero attached hydrogens (tertiary/aromatic N) is 1. The molecule has 4 heteroatoms. The molecular weight excluding hydrogens is 216 g/mol. The van der Waals surface area contributed by atoms with Gasteiger partial charge in [0.1, 0.15) is 0 Å². The highest BCUT2D eigenvalue weighted by Gasteiger charge is 2.16. The van der Waals surface area contributed by atoms with Crippen LogP contribution in [0.25, 0.3) is 0 Å². The van der Waals surface area contributed by atoms with Gasteiger partial charge in [0, 0.05) is 25.2 Å². The molecule has 0 radical (unpaired) electrons. The summed E-state index contributed by atoms with van der Waals surface area (Å²) in [6, 6.07) is 0.577. The van der Waals surface area contributed by atoms with E-state index in [9.17, 15) is 4.79 Å². The van der Waals surface area contributed by atoms with Crippen molar-refractivity contribution in [1.82, 2.24) is 10.2 Å². The first-order valence-electron chi connectivity index (χ1n) is 6.52. The molecule has 1 unspecified atom stereocenters.